The van der Waals surface area contributed by atoms with Gasteiger partial charge >= 0.3 is 0 Å². The van der Waals surface area contributed by atoms with E-state index < -0.39 is 0 Å². The van der Waals surface area contributed by atoms with Crippen LogP contribution in [0, 0.1) is 27.7 Å². The molecular formula is C24H27N3O2. The number of benzene rings is 1. The summed E-state index contributed by atoms with van der Waals surface area (Å²) in [5.74, 6) is -0.0842. The number of carbonyl (C=O) groups excluding carboxylic acids is 1. The minimum atomic E-state index is -0.192. The number of Topliss-reactive ketones (excluding diaryl/α,β-unsaturated/α-hetero) is 1. The Morgan fingerprint density at radius 1 is 0.966 bits per heavy atom. The van der Waals surface area contributed by atoms with Crippen molar-refractivity contribution in [1.29, 1.82) is 0 Å². The van der Waals surface area contributed by atoms with Crippen molar-refractivity contribution in [1.82, 2.24) is 14.3 Å². The molecule has 1 aliphatic carbocycles. The Bertz CT molecular complexity index is 1150. The van der Waals surface area contributed by atoms with Crippen LogP contribution in [0.15, 0.2) is 35.1 Å². The summed E-state index contributed by atoms with van der Waals surface area (Å²) in [6, 6.07) is 9.96. The van der Waals surface area contributed by atoms with E-state index in [1.807, 2.05) is 19.9 Å². The SMILES string of the molecule is Cc1cc(C)cc(-n2c(C)cc(C(=O)Cn3nc4c(cc3=O)CCCC4)c2C)c1. The number of aromatic nitrogens is 3. The molecule has 0 aliphatic heterocycles. The standard InChI is InChI=1S/C24H27N3O2/c1-15-9-16(2)11-20(10-15)27-17(3)12-21(18(27)4)23(28)14-26-24(29)13-19-7-5-6-8-22(19)25-26/h9-13H,5-8,14H2,1-4H3. The molecule has 2 heterocycles. The van der Waals surface area contributed by atoms with Crippen LogP contribution in [0.25, 0.3) is 5.69 Å². The zero-order valence-electron chi connectivity index (χ0n) is 17.6. The van der Waals surface area contributed by atoms with E-state index in [2.05, 4.69) is 41.7 Å². The minimum Gasteiger partial charge on any atom is -0.318 e. The highest BCUT2D eigenvalue weighted by atomic mass is 16.1. The summed E-state index contributed by atoms with van der Waals surface area (Å²) < 4.78 is 3.44. The van der Waals surface area contributed by atoms with Crippen molar-refractivity contribution in [3.8, 4) is 5.69 Å². The topological polar surface area (TPSA) is 56.9 Å². The Hall–Kier alpha value is -2.95. The number of carbonyl (C=O) groups is 1. The second kappa shape index (κ2) is 7.47. The van der Waals surface area contributed by atoms with Gasteiger partial charge in [-0.1, -0.05) is 6.07 Å². The van der Waals surface area contributed by atoms with E-state index in [-0.39, 0.29) is 17.9 Å². The number of hydrogen-bond acceptors (Lipinski definition) is 3. The Balaban J connectivity index is 1.68. The number of ketones is 1. The first kappa shape index (κ1) is 19.4. The van der Waals surface area contributed by atoms with Gasteiger partial charge in [-0.3, -0.25) is 9.59 Å². The summed E-state index contributed by atoms with van der Waals surface area (Å²) in [6.07, 6.45) is 3.97. The molecule has 0 N–H and O–H groups in total. The van der Waals surface area contributed by atoms with E-state index in [0.717, 1.165) is 54.0 Å². The van der Waals surface area contributed by atoms with E-state index in [1.165, 1.54) is 15.8 Å². The fraction of sp³-hybridized carbons (Fsp3) is 0.375. The van der Waals surface area contributed by atoms with Crippen LogP contribution in [0.5, 0.6) is 0 Å². The van der Waals surface area contributed by atoms with Crippen molar-refractivity contribution in [3.05, 3.63) is 80.0 Å². The molecule has 2 aromatic heterocycles. The summed E-state index contributed by atoms with van der Waals surface area (Å²) >= 11 is 0. The zero-order valence-corrected chi connectivity index (χ0v) is 17.6. The van der Waals surface area contributed by atoms with Crippen LogP contribution in [-0.4, -0.2) is 20.1 Å². The third-order valence-corrected chi connectivity index (χ3v) is 5.76. The summed E-state index contributed by atoms with van der Waals surface area (Å²) in [6.45, 7) is 8.09. The molecule has 0 atom stereocenters. The molecule has 1 aliphatic rings. The second-order valence-corrected chi connectivity index (χ2v) is 8.21. The molecule has 0 radical (unpaired) electrons. The van der Waals surface area contributed by atoms with Gasteiger partial charge in [-0.05, 0) is 88.3 Å². The molecule has 3 aromatic rings. The van der Waals surface area contributed by atoms with Crippen LogP contribution in [-0.2, 0) is 19.4 Å². The average Bonchev–Trinajstić information content (AvgIpc) is 2.96. The summed E-state index contributed by atoms with van der Waals surface area (Å²) in [4.78, 5) is 25.5. The van der Waals surface area contributed by atoms with Crippen LogP contribution < -0.4 is 5.56 Å². The van der Waals surface area contributed by atoms with Crippen molar-refractivity contribution >= 4 is 5.78 Å². The largest absolute Gasteiger partial charge is 0.318 e. The van der Waals surface area contributed by atoms with Crippen molar-refractivity contribution in [3.63, 3.8) is 0 Å². The maximum absolute atomic E-state index is 13.1. The van der Waals surface area contributed by atoms with Crippen LogP contribution >= 0.6 is 0 Å². The molecule has 0 fully saturated rings. The van der Waals surface area contributed by atoms with Gasteiger partial charge in [-0.15, -0.1) is 0 Å². The molecule has 0 amide bonds. The lowest BCUT2D eigenvalue weighted by atomic mass is 9.97. The predicted molar refractivity (Wildman–Crippen MR) is 114 cm³/mol. The molecule has 150 valence electrons. The van der Waals surface area contributed by atoms with Gasteiger partial charge in [0.25, 0.3) is 5.56 Å². The van der Waals surface area contributed by atoms with Crippen molar-refractivity contribution in [2.75, 3.05) is 0 Å². The second-order valence-electron chi connectivity index (χ2n) is 8.21. The number of hydrogen-bond donors (Lipinski definition) is 0. The fourth-order valence-corrected chi connectivity index (χ4v) is 4.46. The maximum atomic E-state index is 13.1. The normalized spacial score (nSPS) is 13.4. The lowest BCUT2D eigenvalue weighted by Gasteiger charge is -2.15. The van der Waals surface area contributed by atoms with Gasteiger partial charge in [0.05, 0.1) is 5.69 Å². The lowest BCUT2D eigenvalue weighted by Crippen LogP contribution is -2.29. The molecule has 0 saturated carbocycles. The maximum Gasteiger partial charge on any atom is 0.267 e. The first-order valence-corrected chi connectivity index (χ1v) is 10.2. The van der Waals surface area contributed by atoms with Gasteiger partial charge < -0.3 is 4.57 Å². The first-order valence-electron chi connectivity index (χ1n) is 10.2. The molecule has 0 bridgehead atoms. The number of aryl methyl sites for hydroxylation is 5. The smallest absolute Gasteiger partial charge is 0.267 e. The monoisotopic (exact) mass is 389 g/mol. The Labute approximate surface area is 171 Å². The zero-order chi connectivity index (χ0) is 20.7. The van der Waals surface area contributed by atoms with E-state index >= 15 is 0 Å². The highest BCUT2D eigenvalue weighted by Gasteiger charge is 2.20. The molecule has 29 heavy (non-hydrogen) atoms. The molecule has 0 saturated heterocycles. The quantitative estimate of drug-likeness (QED) is 0.633. The molecule has 5 heteroatoms. The third-order valence-electron chi connectivity index (χ3n) is 5.76. The van der Waals surface area contributed by atoms with Gasteiger partial charge in [-0.2, -0.15) is 5.10 Å². The molecule has 5 nitrogen and oxygen atoms in total. The highest BCUT2D eigenvalue weighted by Crippen LogP contribution is 2.23. The van der Waals surface area contributed by atoms with E-state index in [9.17, 15) is 9.59 Å². The van der Waals surface area contributed by atoms with Crippen LogP contribution in [0.4, 0.5) is 0 Å². The number of rotatable bonds is 4. The third kappa shape index (κ3) is 3.69. The lowest BCUT2D eigenvalue weighted by molar-refractivity contribution is 0.0964. The Morgan fingerprint density at radius 3 is 2.38 bits per heavy atom. The summed E-state index contributed by atoms with van der Waals surface area (Å²) in [5, 5.41) is 4.50. The predicted octanol–water partition coefficient (Wildman–Crippen LogP) is 4.03. The fourth-order valence-electron chi connectivity index (χ4n) is 4.46. The van der Waals surface area contributed by atoms with Gasteiger partial charge in [0.2, 0.25) is 0 Å². The first-order chi connectivity index (χ1) is 13.8. The van der Waals surface area contributed by atoms with E-state index in [4.69, 9.17) is 0 Å². The van der Waals surface area contributed by atoms with Crippen molar-refractivity contribution in [2.45, 2.75) is 59.9 Å². The van der Waals surface area contributed by atoms with Crippen molar-refractivity contribution in [2.24, 2.45) is 0 Å². The van der Waals surface area contributed by atoms with Gasteiger partial charge in [-0.25, -0.2) is 4.68 Å². The Morgan fingerprint density at radius 2 is 1.66 bits per heavy atom. The van der Waals surface area contributed by atoms with Gasteiger partial charge in [0, 0.05) is 28.7 Å². The highest BCUT2D eigenvalue weighted by molar-refractivity contribution is 5.97. The van der Waals surface area contributed by atoms with Gasteiger partial charge in [0.15, 0.2) is 5.78 Å². The van der Waals surface area contributed by atoms with Crippen molar-refractivity contribution < 1.29 is 4.79 Å². The molecule has 0 unspecified atom stereocenters. The summed E-state index contributed by atoms with van der Waals surface area (Å²) in [5.41, 5.74) is 7.78. The molecular weight excluding hydrogens is 362 g/mol. The van der Waals surface area contributed by atoms with Gasteiger partial charge in [0.1, 0.15) is 6.54 Å². The van der Waals surface area contributed by atoms with E-state index in [1.54, 1.807) is 6.07 Å². The number of fused-ring (bicyclic) bond motifs is 1. The van der Waals surface area contributed by atoms with Crippen LogP contribution in [0.1, 0.15) is 57.0 Å². The molecule has 1 aromatic carbocycles. The van der Waals surface area contributed by atoms with Crippen LogP contribution in [0.3, 0.4) is 0 Å². The number of nitrogens with zero attached hydrogens (tertiary/aromatic N) is 3. The van der Waals surface area contributed by atoms with Crippen LogP contribution in [0.2, 0.25) is 0 Å². The average molecular weight is 389 g/mol. The molecule has 4 rings (SSSR count). The molecule has 0 spiro atoms. The minimum absolute atomic E-state index is 0.0246. The Kier molecular flexibility index (Phi) is 4.99. The summed E-state index contributed by atoms with van der Waals surface area (Å²) in [7, 11) is 0. The van der Waals surface area contributed by atoms with E-state index in [0.29, 0.717) is 5.56 Å².